The third-order valence-corrected chi connectivity index (χ3v) is 6.82. The molecule has 9 heteroatoms. The fourth-order valence-corrected chi connectivity index (χ4v) is 4.77. The van der Waals surface area contributed by atoms with Gasteiger partial charge in [-0.3, -0.25) is 9.88 Å². The van der Waals surface area contributed by atoms with E-state index in [0.717, 1.165) is 17.8 Å². The number of benzene rings is 2. The predicted octanol–water partition coefficient (Wildman–Crippen LogP) is 4.24. The van der Waals surface area contributed by atoms with Crippen LogP contribution >= 0.6 is 23.2 Å². The van der Waals surface area contributed by atoms with Crippen LogP contribution < -0.4 is 9.64 Å². The number of rotatable bonds is 9. The van der Waals surface area contributed by atoms with Crippen molar-refractivity contribution >= 4 is 28.9 Å². The summed E-state index contributed by atoms with van der Waals surface area (Å²) in [6.07, 6.45) is 0.352. The maximum atomic E-state index is 10.8. The summed E-state index contributed by atoms with van der Waals surface area (Å²) in [6.45, 7) is 4.31. The minimum atomic E-state index is -0.698. The SMILES string of the molecule is C[C@@H](O)COc1ccc(N2CCN(C[C@@H](O)c3ccc(CO)nc3)C[C@H]2c2ccc(Cl)cc2)c(Cl)c1. The van der Waals surface area contributed by atoms with E-state index < -0.39 is 12.2 Å². The van der Waals surface area contributed by atoms with Crippen molar-refractivity contribution in [3.63, 3.8) is 0 Å². The third kappa shape index (κ3) is 6.68. The number of aromatic nitrogens is 1. The standard InChI is InChI=1S/C27H31Cl2N3O4/c1-18(34)17-36-23-8-9-25(24(29)12-23)32-11-10-31(14-26(32)19-2-5-21(28)6-3-19)15-27(35)20-4-7-22(16-33)30-13-20/h2-9,12-13,18,26-27,33-35H,10-11,14-17H2,1H3/t18-,26+,27-/m1/s1. The van der Waals surface area contributed by atoms with Gasteiger partial charge in [0.05, 0.1) is 41.3 Å². The Morgan fingerprint density at radius 2 is 1.83 bits per heavy atom. The lowest BCUT2D eigenvalue weighted by Gasteiger charge is -2.44. The van der Waals surface area contributed by atoms with Gasteiger partial charge in [0.25, 0.3) is 0 Å². The van der Waals surface area contributed by atoms with Gasteiger partial charge in [-0.2, -0.15) is 0 Å². The highest BCUT2D eigenvalue weighted by Crippen LogP contribution is 2.37. The van der Waals surface area contributed by atoms with Crippen molar-refractivity contribution in [2.24, 2.45) is 0 Å². The van der Waals surface area contributed by atoms with Gasteiger partial charge in [0.2, 0.25) is 0 Å². The van der Waals surface area contributed by atoms with Crippen LogP contribution in [-0.2, 0) is 6.61 Å². The molecular formula is C27H31Cl2N3O4. The van der Waals surface area contributed by atoms with Crippen LogP contribution in [0.5, 0.6) is 5.75 Å². The van der Waals surface area contributed by atoms with Crippen LogP contribution in [0.15, 0.2) is 60.8 Å². The monoisotopic (exact) mass is 531 g/mol. The number of anilines is 1. The number of hydrogen-bond donors (Lipinski definition) is 3. The quantitative estimate of drug-likeness (QED) is 0.380. The molecule has 4 rings (SSSR count). The van der Waals surface area contributed by atoms with Crippen molar-refractivity contribution in [2.75, 3.05) is 37.7 Å². The Morgan fingerprint density at radius 1 is 1.06 bits per heavy atom. The lowest BCUT2D eigenvalue weighted by atomic mass is 10.0. The summed E-state index contributed by atoms with van der Waals surface area (Å²) in [6, 6.07) is 16.9. The number of ether oxygens (including phenoxy) is 1. The van der Waals surface area contributed by atoms with Crippen molar-refractivity contribution in [1.29, 1.82) is 0 Å². The highest BCUT2D eigenvalue weighted by molar-refractivity contribution is 6.33. The fourth-order valence-electron chi connectivity index (χ4n) is 4.37. The summed E-state index contributed by atoms with van der Waals surface area (Å²) < 4.78 is 5.61. The molecule has 2 heterocycles. The van der Waals surface area contributed by atoms with Crippen LogP contribution in [0.2, 0.25) is 10.0 Å². The van der Waals surface area contributed by atoms with Gasteiger partial charge in [0.1, 0.15) is 12.4 Å². The number of nitrogens with zero attached hydrogens (tertiary/aromatic N) is 3. The van der Waals surface area contributed by atoms with Crippen molar-refractivity contribution in [3.8, 4) is 5.75 Å². The molecule has 1 aliphatic heterocycles. The van der Waals surface area contributed by atoms with Crippen LogP contribution in [0.1, 0.15) is 35.9 Å². The second-order valence-corrected chi connectivity index (χ2v) is 9.89. The van der Waals surface area contributed by atoms with E-state index in [1.807, 2.05) is 36.4 Å². The molecule has 0 spiro atoms. The topological polar surface area (TPSA) is 89.3 Å². The maximum absolute atomic E-state index is 10.8. The van der Waals surface area contributed by atoms with Crippen LogP contribution in [0.25, 0.3) is 0 Å². The smallest absolute Gasteiger partial charge is 0.121 e. The van der Waals surface area contributed by atoms with Crippen molar-refractivity contribution in [3.05, 3.63) is 87.7 Å². The van der Waals surface area contributed by atoms with Crippen molar-refractivity contribution in [1.82, 2.24) is 9.88 Å². The Morgan fingerprint density at radius 3 is 2.47 bits per heavy atom. The molecule has 1 aliphatic rings. The number of β-amino-alcohol motifs (C(OH)–C–C–N with tert-alkyl or cyclic N) is 1. The van der Waals surface area contributed by atoms with Crippen LogP contribution in [0.4, 0.5) is 5.69 Å². The highest BCUT2D eigenvalue weighted by atomic mass is 35.5. The molecule has 0 bridgehead atoms. The number of aliphatic hydroxyl groups is 3. The molecule has 192 valence electrons. The molecule has 1 saturated heterocycles. The van der Waals surface area contributed by atoms with E-state index in [9.17, 15) is 15.3 Å². The molecule has 1 aromatic heterocycles. The van der Waals surface area contributed by atoms with Gasteiger partial charge in [-0.05, 0) is 42.8 Å². The molecular weight excluding hydrogens is 501 g/mol. The van der Waals surface area contributed by atoms with E-state index in [1.165, 1.54) is 0 Å². The van der Waals surface area contributed by atoms with Gasteiger partial charge in [-0.25, -0.2) is 0 Å². The number of halogens is 2. The first-order valence-electron chi connectivity index (χ1n) is 11.9. The molecule has 3 aromatic rings. The summed E-state index contributed by atoms with van der Waals surface area (Å²) in [4.78, 5) is 8.68. The van der Waals surface area contributed by atoms with E-state index in [-0.39, 0.29) is 19.3 Å². The fraction of sp³-hybridized carbons (Fsp3) is 0.370. The van der Waals surface area contributed by atoms with Gasteiger partial charge in [-0.15, -0.1) is 0 Å². The number of pyridine rings is 1. The number of piperazine rings is 1. The second kappa shape index (κ2) is 12.2. The van der Waals surface area contributed by atoms with Gasteiger partial charge in [0.15, 0.2) is 0 Å². The maximum Gasteiger partial charge on any atom is 0.121 e. The molecule has 0 radical (unpaired) electrons. The average Bonchev–Trinajstić information content (AvgIpc) is 2.88. The normalized spacial score (nSPS) is 18.2. The molecule has 36 heavy (non-hydrogen) atoms. The molecule has 0 saturated carbocycles. The minimum absolute atomic E-state index is 0.0140. The summed E-state index contributed by atoms with van der Waals surface area (Å²) >= 11 is 12.9. The molecule has 3 atom stereocenters. The van der Waals surface area contributed by atoms with E-state index in [1.54, 1.807) is 31.3 Å². The van der Waals surface area contributed by atoms with Crippen LogP contribution in [-0.4, -0.2) is 64.1 Å². The molecule has 7 nitrogen and oxygen atoms in total. The molecule has 0 unspecified atom stereocenters. The first-order chi connectivity index (χ1) is 17.3. The van der Waals surface area contributed by atoms with E-state index in [0.29, 0.717) is 46.7 Å². The Hall–Kier alpha value is -2.39. The van der Waals surface area contributed by atoms with E-state index >= 15 is 0 Å². The molecule has 3 N–H and O–H groups in total. The zero-order valence-corrected chi connectivity index (χ0v) is 21.6. The Bertz CT molecular complexity index is 1130. The van der Waals surface area contributed by atoms with E-state index in [2.05, 4.69) is 14.8 Å². The van der Waals surface area contributed by atoms with Gasteiger partial charge in [0, 0.05) is 49.0 Å². The zero-order chi connectivity index (χ0) is 25.7. The molecule has 0 aliphatic carbocycles. The van der Waals surface area contributed by atoms with Crippen LogP contribution in [0.3, 0.4) is 0 Å². The summed E-state index contributed by atoms with van der Waals surface area (Å²) in [5.41, 5.74) is 3.28. The highest BCUT2D eigenvalue weighted by Gasteiger charge is 2.31. The van der Waals surface area contributed by atoms with Crippen molar-refractivity contribution in [2.45, 2.75) is 31.8 Å². The predicted molar refractivity (Wildman–Crippen MR) is 142 cm³/mol. The number of aliphatic hydroxyl groups excluding tert-OH is 3. The van der Waals surface area contributed by atoms with Gasteiger partial charge >= 0.3 is 0 Å². The Kier molecular flexibility index (Phi) is 9.06. The molecule has 2 aromatic carbocycles. The van der Waals surface area contributed by atoms with E-state index in [4.69, 9.17) is 27.9 Å². The average molecular weight is 532 g/mol. The largest absolute Gasteiger partial charge is 0.491 e. The van der Waals surface area contributed by atoms with Crippen LogP contribution in [0, 0.1) is 0 Å². The lowest BCUT2D eigenvalue weighted by molar-refractivity contribution is 0.100. The minimum Gasteiger partial charge on any atom is -0.491 e. The molecule has 1 fully saturated rings. The summed E-state index contributed by atoms with van der Waals surface area (Å²) in [5, 5.41) is 30.8. The summed E-state index contributed by atoms with van der Waals surface area (Å²) in [5.74, 6) is 0.607. The third-order valence-electron chi connectivity index (χ3n) is 6.26. The first kappa shape index (κ1) is 26.7. The first-order valence-corrected chi connectivity index (χ1v) is 12.7. The number of hydrogen-bond acceptors (Lipinski definition) is 7. The van der Waals surface area contributed by atoms with Crippen molar-refractivity contribution < 1.29 is 20.1 Å². The lowest BCUT2D eigenvalue weighted by Crippen LogP contribution is -2.49. The second-order valence-electron chi connectivity index (χ2n) is 9.05. The zero-order valence-electron chi connectivity index (χ0n) is 20.1. The summed E-state index contributed by atoms with van der Waals surface area (Å²) in [7, 11) is 0. The Balaban J connectivity index is 1.53. The Labute approximate surface area is 221 Å². The molecule has 0 amide bonds. The van der Waals surface area contributed by atoms with Gasteiger partial charge in [-0.1, -0.05) is 41.4 Å². The van der Waals surface area contributed by atoms with Gasteiger partial charge < -0.3 is 25.0 Å².